The van der Waals surface area contributed by atoms with Gasteiger partial charge in [-0.3, -0.25) is 4.79 Å². The van der Waals surface area contributed by atoms with Gasteiger partial charge in [0.25, 0.3) is 5.91 Å². The van der Waals surface area contributed by atoms with Crippen LogP contribution in [0.3, 0.4) is 0 Å². The minimum atomic E-state index is -0.193. The molecule has 3 N–H and O–H groups in total. The largest absolute Gasteiger partial charge is 0.389 e. The Morgan fingerprint density at radius 3 is 2.35 bits per heavy atom. The van der Waals surface area contributed by atoms with E-state index in [1.807, 2.05) is 12.1 Å². The number of nitrogens with one attached hydrogen (secondary N) is 1. The molecule has 2 aromatic carbocycles. The van der Waals surface area contributed by atoms with Crippen molar-refractivity contribution in [2.24, 2.45) is 5.73 Å². The van der Waals surface area contributed by atoms with Gasteiger partial charge in [-0.1, -0.05) is 28.1 Å². The summed E-state index contributed by atoms with van der Waals surface area (Å²) in [4.78, 5) is 12.5. The van der Waals surface area contributed by atoms with Crippen molar-refractivity contribution in [2.75, 3.05) is 5.32 Å². The quantitative estimate of drug-likeness (QED) is 0.744. The summed E-state index contributed by atoms with van der Waals surface area (Å²) in [6.07, 6.45) is 0. The minimum absolute atomic E-state index is 0.193. The second kappa shape index (κ2) is 6.47. The maximum absolute atomic E-state index is 12.2. The zero-order valence-electron chi connectivity index (χ0n) is 10.2. The number of rotatable bonds is 3. The minimum Gasteiger partial charge on any atom is -0.389 e. The van der Waals surface area contributed by atoms with Crippen molar-refractivity contribution in [1.29, 1.82) is 0 Å². The number of thiocarbonyl (C=S) groups is 1. The van der Waals surface area contributed by atoms with Crippen LogP contribution in [0.2, 0.25) is 0 Å². The molecule has 3 nitrogen and oxygen atoms in total. The number of hydrogen-bond acceptors (Lipinski definition) is 2. The Labute approximate surface area is 138 Å². The molecule has 0 atom stereocenters. The van der Waals surface area contributed by atoms with Crippen molar-refractivity contribution in [3.8, 4) is 0 Å². The van der Waals surface area contributed by atoms with Crippen molar-refractivity contribution in [1.82, 2.24) is 0 Å². The Morgan fingerprint density at radius 1 is 1.10 bits per heavy atom. The summed E-state index contributed by atoms with van der Waals surface area (Å²) in [5.41, 5.74) is 7.53. The maximum atomic E-state index is 12.2. The molecule has 0 radical (unpaired) electrons. The predicted molar refractivity (Wildman–Crippen MR) is 92.1 cm³/mol. The fraction of sp³-hybridized carbons (Fsp3) is 0. The lowest BCUT2D eigenvalue weighted by Crippen LogP contribution is -2.13. The fourth-order valence-corrected chi connectivity index (χ4v) is 2.51. The van der Waals surface area contributed by atoms with Crippen LogP contribution in [0.5, 0.6) is 0 Å². The van der Waals surface area contributed by atoms with E-state index in [9.17, 15) is 4.79 Å². The van der Waals surface area contributed by atoms with E-state index in [0.29, 0.717) is 16.2 Å². The first kappa shape index (κ1) is 15.2. The van der Waals surface area contributed by atoms with Crippen LogP contribution in [0.4, 0.5) is 5.69 Å². The molecule has 0 heterocycles. The molecule has 0 aliphatic carbocycles. The van der Waals surface area contributed by atoms with Crippen molar-refractivity contribution in [3.63, 3.8) is 0 Å². The van der Waals surface area contributed by atoms with E-state index in [1.54, 1.807) is 30.3 Å². The Morgan fingerprint density at radius 2 is 1.75 bits per heavy atom. The maximum Gasteiger partial charge on any atom is 0.256 e. The first-order valence-electron chi connectivity index (χ1n) is 5.63. The average Bonchev–Trinajstić information content (AvgIpc) is 2.42. The highest BCUT2D eigenvalue weighted by molar-refractivity contribution is 9.11. The molecule has 0 fully saturated rings. The van der Waals surface area contributed by atoms with E-state index < -0.39 is 0 Å². The van der Waals surface area contributed by atoms with Crippen molar-refractivity contribution in [3.05, 3.63) is 62.5 Å². The lowest BCUT2D eigenvalue weighted by atomic mass is 10.2. The lowest BCUT2D eigenvalue weighted by Gasteiger charge is -2.08. The van der Waals surface area contributed by atoms with E-state index in [2.05, 4.69) is 37.2 Å². The van der Waals surface area contributed by atoms with Gasteiger partial charge >= 0.3 is 0 Å². The number of hydrogen-bond donors (Lipinski definition) is 2. The molecule has 1 amide bonds. The number of benzene rings is 2. The SMILES string of the molecule is NC(=S)c1ccc(NC(=O)c2cc(Br)ccc2Br)cc1. The lowest BCUT2D eigenvalue weighted by molar-refractivity contribution is 0.102. The van der Waals surface area contributed by atoms with Crippen LogP contribution in [0.25, 0.3) is 0 Å². The molecule has 0 bridgehead atoms. The number of halogens is 2. The topological polar surface area (TPSA) is 55.1 Å². The predicted octanol–water partition coefficient (Wildman–Crippen LogP) is 4.10. The third-order valence-electron chi connectivity index (χ3n) is 2.60. The van der Waals surface area contributed by atoms with Gasteiger partial charge < -0.3 is 11.1 Å². The molecule has 2 aromatic rings. The number of carbonyl (C=O) groups is 1. The molecule has 6 heteroatoms. The summed E-state index contributed by atoms with van der Waals surface area (Å²) >= 11 is 11.6. The summed E-state index contributed by atoms with van der Waals surface area (Å²) in [6, 6.07) is 12.5. The average molecular weight is 414 g/mol. The monoisotopic (exact) mass is 412 g/mol. The molecule has 0 aliphatic rings. The van der Waals surface area contributed by atoms with Crippen LogP contribution in [0, 0.1) is 0 Å². The standard InChI is InChI=1S/C14H10Br2N2OS/c15-9-3-6-12(16)11(7-9)14(19)18-10-4-1-8(2-5-10)13(17)20/h1-7H,(H2,17,20)(H,18,19). The summed E-state index contributed by atoms with van der Waals surface area (Å²) in [5.74, 6) is -0.193. The highest BCUT2D eigenvalue weighted by Gasteiger charge is 2.11. The highest BCUT2D eigenvalue weighted by atomic mass is 79.9. The first-order valence-corrected chi connectivity index (χ1v) is 7.63. The molecular weight excluding hydrogens is 404 g/mol. The fourth-order valence-electron chi connectivity index (χ4n) is 1.59. The third kappa shape index (κ3) is 3.65. The van der Waals surface area contributed by atoms with Gasteiger partial charge in [-0.2, -0.15) is 0 Å². The summed E-state index contributed by atoms with van der Waals surface area (Å²) < 4.78 is 1.58. The van der Waals surface area contributed by atoms with Gasteiger partial charge in [0.2, 0.25) is 0 Å². The Bertz CT molecular complexity index is 671. The van der Waals surface area contributed by atoms with Crippen LogP contribution in [0.1, 0.15) is 15.9 Å². The van der Waals surface area contributed by atoms with Gasteiger partial charge in [-0.25, -0.2) is 0 Å². The summed E-state index contributed by atoms with van der Waals surface area (Å²) in [6.45, 7) is 0. The Balaban J connectivity index is 2.19. The third-order valence-corrected chi connectivity index (χ3v) is 4.02. The van der Waals surface area contributed by atoms with Crippen molar-refractivity contribution < 1.29 is 4.79 Å². The summed E-state index contributed by atoms with van der Waals surface area (Å²) in [5, 5.41) is 2.82. The van der Waals surface area contributed by atoms with Gasteiger partial charge in [0.15, 0.2) is 0 Å². The molecular formula is C14H10Br2N2OS. The van der Waals surface area contributed by atoms with Crippen LogP contribution < -0.4 is 11.1 Å². The smallest absolute Gasteiger partial charge is 0.256 e. The Hall–Kier alpha value is -1.24. The second-order valence-corrected chi connectivity index (χ2v) is 6.23. The van der Waals surface area contributed by atoms with Crippen molar-refractivity contribution >= 4 is 60.7 Å². The van der Waals surface area contributed by atoms with Gasteiger partial charge in [-0.05, 0) is 58.4 Å². The molecule has 2 rings (SSSR count). The van der Waals surface area contributed by atoms with Crippen molar-refractivity contribution in [2.45, 2.75) is 0 Å². The van der Waals surface area contributed by atoms with Crippen LogP contribution in [-0.4, -0.2) is 10.9 Å². The molecule has 0 aromatic heterocycles. The molecule has 20 heavy (non-hydrogen) atoms. The Kier molecular flexibility index (Phi) is 4.91. The molecule has 0 aliphatic heterocycles. The molecule has 0 saturated carbocycles. The molecule has 102 valence electrons. The summed E-state index contributed by atoms with van der Waals surface area (Å²) in [7, 11) is 0. The van der Waals surface area contributed by atoms with Gasteiger partial charge in [-0.15, -0.1) is 0 Å². The first-order chi connectivity index (χ1) is 9.47. The van der Waals surface area contributed by atoms with E-state index in [1.165, 1.54) is 0 Å². The van der Waals surface area contributed by atoms with Crippen LogP contribution in [0.15, 0.2) is 51.4 Å². The zero-order chi connectivity index (χ0) is 14.7. The number of amides is 1. The van der Waals surface area contributed by atoms with E-state index in [0.717, 1.165) is 14.5 Å². The normalized spacial score (nSPS) is 10.1. The van der Waals surface area contributed by atoms with E-state index >= 15 is 0 Å². The highest BCUT2D eigenvalue weighted by Crippen LogP contribution is 2.22. The zero-order valence-corrected chi connectivity index (χ0v) is 14.2. The van der Waals surface area contributed by atoms with Gasteiger partial charge in [0.05, 0.1) is 5.56 Å². The van der Waals surface area contributed by atoms with Crippen LogP contribution >= 0.6 is 44.1 Å². The molecule has 0 saturated heterocycles. The van der Waals surface area contributed by atoms with E-state index in [-0.39, 0.29) is 5.91 Å². The molecule has 0 unspecified atom stereocenters. The number of carbonyl (C=O) groups excluding carboxylic acids is 1. The molecule has 0 spiro atoms. The number of anilines is 1. The van der Waals surface area contributed by atoms with Gasteiger partial charge in [0.1, 0.15) is 4.99 Å². The van der Waals surface area contributed by atoms with Gasteiger partial charge in [0, 0.05) is 20.2 Å². The number of nitrogens with two attached hydrogens (primary N) is 1. The second-order valence-electron chi connectivity index (χ2n) is 4.02. The van der Waals surface area contributed by atoms with E-state index in [4.69, 9.17) is 18.0 Å². The van der Waals surface area contributed by atoms with Crippen LogP contribution in [-0.2, 0) is 0 Å².